The van der Waals surface area contributed by atoms with Crippen LogP contribution in [0.15, 0.2) is 36.4 Å². The highest BCUT2D eigenvalue weighted by Gasteiger charge is 2.13. The molecule has 0 aliphatic rings. The lowest BCUT2D eigenvalue weighted by Gasteiger charge is -2.10. The monoisotopic (exact) mass is 294 g/mol. The molecule has 104 valence electrons. The number of benzene rings is 2. The van der Waals surface area contributed by atoms with Gasteiger partial charge >= 0.3 is 0 Å². The molecule has 0 aromatic heterocycles. The van der Waals surface area contributed by atoms with E-state index in [0.29, 0.717) is 17.8 Å². The van der Waals surface area contributed by atoms with Crippen molar-refractivity contribution >= 4 is 23.0 Å². The second-order valence-electron chi connectivity index (χ2n) is 4.30. The molecule has 0 aliphatic carbocycles. The number of nitrogens with one attached hydrogen (secondary N) is 1. The van der Waals surface area contributed by atoms with Gasteiger partial charge in [-0.15, -0.1) is 0 Å². The highest BCUT2D eigenvalue weighted by molar-refractivity contribution is 6.33. The number of halogens is 2. The third-order valence-corrected chi connectivity index (χ3v) is 3.33. The van der Waals surface area contributed by atoms with Gasteiger partial charge in [-0.25, -0.2) is 4.39 Å². The van der Waals surface area contributed by atoms with Crippen LogP contribution in [0.4, 0.5) is 15.8 Å². The summed E-state index contributed by atoms with van der Waals surface area (Å²) < 4.78 is 12.9. The molecular weight excluding hydrogens is 283 g/mol. The van der Waals surface area contributed by atoms with Crippen LogP contribution in [0, 0.1) is 22.9 Å². The van der Waals surface area contributed by atoms with Crippen LogP contribution >= 0.6 is 11.6 Å². The van der Waals surface area contributed by atoms with E-state index in [1.165, 1.54) is 24.3 Å². The van der Waals surface area contributed by atoms with E-state index in [0.717, 1.165) is 5.56 Å². The van der Waals surface area contributed by atoms with Crippen LogP contribution < -0.4 is 5.32 Å². The SMILES string of the molecule is Cc1c(CNc2ccc(F)cc2Cl)cccc1[N+](=O)[O-]. The summed E-state index contributed by atoms with van der Waals surface area (Å²) in [4.78, 5) is 10.4. The summed E-state index contributed by atoms with van der Waals surface area (Å²) in [5, 5.41) is 14.2. The maximum absolute atomic E-state index is 12.9. The fourth-order valence-corrected chi connectivity index (χ4v) is 2.12. The molecule has 2 aromatic carbocycles. The quantitative estimate of drug-likeness (QED) is 0.675. The predicted molar refractivity (Wildman–Crippen MR) is 76.6 cm³/mol. The van der Waals surface area contributed by atoms with Gasteiger partial charge in [0.15, 0.2) is 0 Å². The van der Waals surface area contributed by atoms with Crippen LogP contribution in [0.3, 0.4) is 0 Å². The molecule has 0 atom stereocenters. The van der Waals surface area contributed by atoms with Crippen LogP contribution in [-0.2, 0) is 6.54 Å². The van der Waals surface area contributed by atoms with Crippen molar-refractivity contribution in [3.05, 3.63) is 68.5 Å². The normalized spacial score (nSPS) is 10.3. The summed E-state index contributed by atoms with van der Waals surface area (Å²) in [7, 11) is 0. The van der Waals surface area contributed by atoms with E-state index in [-0.39, 0.29) is 10.7 Å². The Morgan fingerprint density at radius 3 is 2.75 bits per heavy atom. The zero-order valence-corrected chi connectivity index (χ0v) is 11.4. The fraction of sp³-hybridized carbons (Fsp3) is 0.143. The molecule has 0 saturated carbocycles. The summed E-state index contributed by atoms with van der Waals surface area (Å²) in [5.41, 5.74) is 2.05. The van der Waals surface area contributed by atoms with E-state index in [1.54, 1.807) is 19.1 Å². The van der Waals surface area contributed by atoms with Gasteiger partial charge in [0.1, 0.15) is 5.82 Å². The first-order chi connectivity index (χ1) is 9.49. The molecule has 0 unspecified atom stereocenters. The predicted octanol–water partition coefficient (Wildman–Crippen LogP) is 4.31. The van der Waals surface area contributed by atoms with E-state index >= 15 is 0 Å². The Bertz CT molecular complexity index is 662. The van der Waals surface area contributed by atoms with Crippen molar-refractivity contribution in [3.8, 4) is 0 Å². The lowest BCUT2D eigenvalue weighted by molar-refractivity contribution is -0.385. The topological polar surface area (TPSA) is 55.2 Å². The van der Waals surface area contributed by atoms with Crippen molar-refractivity contribution in [3.63, 3.8) is 0 Å². The van der Waals surface area contributed by atoms with E-state index in [1.807, 2.05) is 0 Å². The second-order valence-corrected chi connectivity index (χ2v) is 4.70. The van der Waals surface area contributed by atoms with Gasteiger partial charge in [0.2, 0.25) is 0 Å². The van der Waals surface area contributed by atoms with Crippen LogP contribution in [0.2, 0.25) is 5.02 Å². The van der Waals surface area contributed by atoms with Gasteiger partial charge in [0.05, 0.1) is 15.6 Å². The average molecular weight is 295 g/mol. The minimum Gasteiger partial charge on any atom is -0.380 e. The number of nitro groups is 1. The maximum atomic E-state index is 12.9. The minimum absolute atomic E-state index is 0.0782. The van der Waals surface area contributed by atoms with Crippen molar-refractivity contribution in [2.75, 3.05) is 5.32 Å². The first-order valence-electron chi connectivity index (χ1n) is 5.91. The third-order valence-electron chi connectivity index (χ3n) is 3.01. The third kappa shape index (κ3) is 3.05. The number of nitro benzene ring substituents is 1. The van der Waals surface area contributed by atoms with Crippen LogP contribution in [0.25, 0.3) is 0 Å². The molecular formula is C14H12ClFN2O2. The molecule has 1 N–H and O–H groups in total. The second kappa shape index (κ2) is 5.88. The Balaban J connectivity index is 2.19. The fourth-order valence-electron chi connectivity index (χ4n) is 1.88. The molecule has 0 bridgehead atoms. The smallest absolute Gasteiger partial charge is 0.272 e. The number of hydrogen-bond donors (Lipinski definition) is 1. The lowest BCUT2D eigenvalue weighted by Crippen LogP contribution is -2.03. The first kappa shape index (κ1) is 14.3. The van der Waals surface area contributed by atoms with Crippen LogP contribution in [0.1, 0.15) is 11.1 Å². The Hall–Kier alpha value is -2.14. The largest absolute Gasteiger partial charge is 0.380 e. The first-order valence-corrected chi connectivity index (χ1v) is 6.28. The minimum atomic E-state index is -0.413. The molecule has 0 amide bonds. The molecule has 20 heavy (non-hydrogen) atoms. The summed E-state index contributed by atoms with van der Waals surface area (Å²) in [6.07, 6.45) is 0. The summed E-state index contributed by atoms with van der Waals surface area (Å²) in [6.45, 7) is 2.07. The van der Waals surface area contributed by atoms with Gasteiger partial charge in [-0.1, -0.05) is 23.7 Å². The highest BCUT2D eigenvalue weighted by Crippen LogP contribution is 2.25. The zero-order valence-electron chi connectivity index (χ0n) is 10.7. The summed E-state index contributed by atoms with van der Waals surface area (Å²) in [6, 6.07) is 8.94. The average Bonchev–Trinajstić information content (AvgIpc) is 2.39. The maximum Gasteiger partial charge on any atom is 0.272 e. The molecule has 0 spiro atoms. The molecule has 0 heterocycles. The number of hydrogen-bond acceptors (Lipinski definition) is 3. The van der Waals surface area contributed by atoms with Crippen LogP contribution in [-0.4, -0.2) is 4.92 Å². The van der Waals surface area contributed by atoms with Crippen molar-refractivity contribution in [1.82, 2.24) is 0 Å². The van der Waals surface area contributed by atoms with E-state index in [4.69, 9.17) is 11.6 Å². The van der Waals surface area contributed by atoms with Gasteiger partial charge < -0.3 is 5.32 Å². The van der Waals surface area contributed by atoms with E-state index in [9.17, 15) is 14.5 Å². The molecule has 2 aromatic rings. The Morgan fingerprint density at radius 1 is 1.35 bits per heavy atom. The van der Waals surface area contributed by atoms with Gasteiger partial charge in [0.25, 0.3) is 5.69 Å². The van der Waals surface area contributed by atoms with E-state index < -0.39 is 10.7 Å². The van der Waals surface area contributed by atoms with Gasteiger partial charge in [-0.2, -0.15) is 0 Å². The number of nitrogens with zero attached hydrogens (tertiary/aromatic N) is 1. The Morgan fingerprint density at radius 2 is 2.10 bits per heavy atom. The number of anilines is 1. The molecule has 0 saturated heterocycles. The zero-order chi connectivity index (χ0) is 14.7. The molecule has 0 fully saturated rings. The molecule has 2 rings (SSSR count). The Kier molecular flexibility index (Phi) is 4.20. The standard InChI is InChI=1S/C14H12ClFN2O2/c1-9-10(3-2-4-14(9)18(19)20)8-17-13-6-5-11(16)7-12(13)15/h2-7,17H,8H2,1H3. The van der Waals surface area contributed by atoms with Crippen molar-refractivity contribution < 1.29 is 9.31 Å². The lowest BCUT2D eigenvalue weighted by atomic mass is 10.1. The molecule has 4 nitrogen and oxygen atoms in total. The molecule has 6 heteroatoms. The van der Waals surface area contributed by atoms with Gasteiger partial charge in [0, 0.05) is 18.2 Å². The number of rotatable bonds is 4. The van der Waals surface area contributed by atoms with Gasteiger partial charge in [-0.05, 0) is 30.7 Å². The molecule has 0 aliphatic heterocycles. The summed E-state index contributed by atoms with van der Waals surface area (Å²) >= 11 is 5.91. The van der Waals surface area contributed by atoms with Crippen molar-refractivity contribution in [2.24, 2.45) is 0 Å². The summed E-state index contributed by atoms with van der Waals surface area (Å²) in [5.74, 6) is -0.410. The van der Waals surface area contributed by atoms with Gasteiger partial charge in [-0.3, -0.25) is 10.1 Å². The van der Waals surface area contributed by atoms with E-state index in [2.05, 4.69) is 5.32 Å². The molecule has 0 radical (unpaired) electrons. The van der Waals surface area contributed by atoms with Crippen molar-refractivity contribution in [2.45, 2.75) is 13.5 Å². The Labute approximate surface area is 120 Å². The highest BCUT2D eigenvalue weighted by atomic mass is 35.5. The van der Waals surface area contributed by atoms with Crippen molar-refractivity contribution in [1.29, 1.82) is 0 Å². The van der Waals surface area contributed by atoms with Crippen LogP contribution in [0.5, 0.6) is 0 Å².